The zero-order valence-electron chi connectivity index (χ0n) is 41.1. The molecule has 0 bridgehead atoms. The van der Waals surface area contributed by atoms with Gasteiger partial charge in [0.2, 0.25) is 5.88 Å². The van der Waals surface area contributed by atoms with Crippen molar-refractivity contribution < 1.29 is 22.7 Å². The molecule has 1 saturated heterocycles. The highest BCUT2D eigenvalue weighted by atomic mass is 32.2. The van der Waals surface area contributed by atoms with Gasteiger partial charge >= 0.3 is 5.97 Å². The number of hydrogen-bond acceptors (Lipinski definition) is 8. The van der Waals surface area contributed by atoms with Gasteiger partial charge in [0, 0.05) is 50.4 Å². The van der Waals surface area contributed by atoms with Crippen molar-refractivity contribution in [3.05, 3.63) is 71.8 Å². The monoisotopic (exact) mass is 909 g/mol. The predicted molar refractivity (Wildman–Crippen MR) is 261 cm³/mol. The van der Waals surface area contributed by atoms with Crippen molar-refractivity contribution in [3.63, 3.8) is 0 Å². The Balaban J connectivity index is 0.926. The van der Waals surface area contributed by atoms with Gasteiger partial charge in [0.15, 0.2) is 9.84 Å². The molecule has 5 fully saturated rings. The maximum atomic E-state index is 13.8. The maximum Gasteiger partial charge on any atom is 0.315 e. The molecule has 7 aliphatic rings. The first-order chi connectivity index (χ1) is 30.8. The summed E-state index contributed by atoms with van der Waals surface area (Å²) in [7, 11) is -0.981. The largest absolute Gasteiger partial charge is 0.477 e. The van der Waals surface area contributed by atoms with Crippen molar-refractivity contribution in [1.29, 1.82) is 0 Å². The van der Waals surface area contributed by atoms with Gasteiger partial charge in [-0.05, 0) is 153 Å². The SMILES string of the molecule is C=C(C)[C@@H]1CC[C@]2(NCCN3CCS(=O)(=O)CC3)CC[C@]3(C)[C@H](CC[C@@H]4[C@@]5(C)CC=C(C6=CCC(COc7cc(-c8ccccc8)nn7C)(C(=O)OCC)CC6)C(C)(C)[C@@H]5CC[C@]43C)[C@@H]12. The van der Waals surface area contributed by atoms with Gasteiger partial charge in [-0.15, -0.1) is 0 Å². The van der Waals surface area contributed by atoms with Crippen molar-refractivity contribution in [2.24, 2.45) is 63.7 Å². The van der Waals surface area contributed by atoms with E-state index in [2.05, 4.69) is 70.5 Å². The summed E-state index contributed by atoms with van der Waals surface area (Å²) in [6, 6.07) is 12.1. The molecule has 0 spiro atoms. The summed E-state index contributed by atoms with van der Waals surface area (Å²) in [5.74, 6) is 4.14. The van der Waals surface area contributed by atoms with Crippen LogP contribution in [0.5, 0.6) is 5.88 Å². The van der Waals surface area contributed by atoms with Gasteiger partial charge in [-0.3, -0.25) is 4.79 Å². The number of esters is 1. The second kappa shape index (κ2) is 17.1. The van der Waals surface area contributed by atoms with Crippen LogP contribution in [-0.4, -0.2) is 85.5 Å². The zero-order valence-corrected chi connectivity index (χ0v) is 42.0. The number of carbonyl (C=O) groups excluding carboxylic acids is 1. The van der Waals surface area contributed by atoms with E-state index in [1.807, 2.05) is 50.4 Å². The standard InChI is InChI=1S/C55H80N4O5S/c1-10-63-49(60)54(37-64-47-36-44(57-58(47)9)40-14-12-11-13-15-40)25-18-39(19-26-54)42-21-23-51(6)45(50(42,4)5)22-24-53(8)46(51)17-16-43-48-41(38(2)3)20-27-55(48,29-28-52(43,53)7)56-30-31-59-32-34-65(61,62)35-33-59/h11-15,18,21,36,41,43,45-46,48,56H,2,10,16-17,19-20,22-35,37H2,1,3-9H3/t41-,43+,45-,46+,48+,51-,52+,53+,54?,55-/m0/s1. The quantitative estimate of drug-likeness (QED) is 0.166. The number of ether oxygens (including phenoxy) is 2. The van der Waals surface area contributed by atoms with Crippen LogP contribution < -0.4 is 10.1 Å². The molecular weight excluding hydrogens is 829 g/mol. The van der Waals surface area contributed by atoms with Crippen molar-refractivity contribution in [2.75, 3.05) is 50.9 Å². The van der Waals surface area contributed by atoms with E-state index in [0.717, 1.165) is 37.2 Å². The molecule has 0 amide bonds. The molecule has 1 aromatic heterocycles. The van der Waals surface area contributed by atoms with E-state index in [1.54, 1.807) is 4.68 Å². The number of rotatable bonds is 12. The lowest BCUT2D eigenvalue weighted by Gasteiger charge is -2.72. The van der Waals surface area contributed by atoms with Crippen molar-refractivity contribution >= 4 is 15.8 Å². The van der Waals surface area contributed by atoms with Gasteiger partial charge in [-0.2, -0.15) is 5.10 Å². The Hall–Kier alpha value is -3.21. The van der Waals surface area contributed by atoms with Crippen LogP contribution in [0.15, 0.2) is 71.8 Å². The number of aryl methyl sites for hydroxylation is 1. The first-order valence-electron chi connectivity index (χ1n) is 25.4. The second-order valence-electron chi connectivity index (χ2n) is 23.4. The Kier molecular flexibility index (Phi) is 12.3. The number of carbonyl (C=O) groups is 1. The number of nitrogens with one attached hydrogen (secondary N) is 1. The van der Waals surface area contributed by atoms with Crippen LogP contribution in [-0.2, 0) is 26.4 Å². The fourth-order valence-electron chi connectivity index (χ4n) is 16.4. The molecule has 1 unspecified atom stereocenters. The van der Waals surface area contributed by atoms with Gasteiger partial charge in [0.1, 0.15) is 12.0 Å². The minimum Gasteiger partial charge on any atom is -0.477 e. The van der Waals surface area contributed by atoms with Gasteiger partial charge in [-0.1, -0.05) is 89.3 Å². The molecule has 0 radical (unpaired) electrons. The lowest BCUT2D eigenvalue weighted by molar-refractivity contribution is -0.221. The smallest absolute Gasteiger partial charge is 0.315 e. The van der Waals surface area contributed by atoms with Gasteiger partial charge in [0.25, 0.3) is 0 Å². The summed E-state index contributed by atoms with van der Waals surface area (Å²) >= 11 is 0. The Morgan fingerprint density at radius 2 is 1.66 bits per heavy atom. The van der Waals surface area contributed by atoms with E-state index >= 15 is 0 Å². The lowest BCUT2D eigenvalue weighted by Crippen LogP contribution is -2.68. The van der Waals surface area contributed by atoms with Gasteiger partial charge < -0.3 is 19.7 Å². The second-order valence-corrected chi connectivity index (χ2v) is 25.7. The Morgan fingerprint density at radius 1 is 0.908 bits per heavy atom. The molecule has 65 heavy (non-hydrogen) atoms. The van der Waals surface area contributed by atoms with Crippen LogP contribution in [0, 0.1) is 56.7 Å². The number of hydrogen-bond donors (Lipinski definition) is 1. The third-order valence-electron chi connectivity index (χ3n) is 20.1. The van der Waals surface area contributed by atoms with Crippen LogP contribution in [0.2, 0.25) is 0 Å². The van der Waals surface area contributed by atoms with Crippen molar-refractivity contribution in [3.8, 4) is 17.1 Å². The van der Waals surface area contributed by atoms with Gasteiger partial charge in [-0.25, -0.2) is 13.1 Å². The Labute approximate surface area is 391 Å². The first-order valence-corrected chi connectivity index (χ1v) is 27.3. The van der Waals surface area contributed by atoms with Crippen LogP contribution in [0.25, 0.3) is 11.3 Å². The summed E-state index contributed by atoms with van der Waals surface area (Å²) in [6.45, 7) is 25.9. The van der Waals surface area contributed by atoms with E-state index in [1.165, 1.54) is 68.1 Å². The fourth-order valence-corrected chi connectivity index (χ4v) is 17.7. The fraction of sp³-hybridized carbons (Fsp3) is 0.709. The number of benzene rings is 1. The molecule has 2 aromatic rings. The van der Waals surface area contributed by atoms with Crippen LogP contribution in [0.1, 0.15) is 126 Å². The number of fused-ring (bicyclic) bond motifs is 7. The molecule has 9 nitrogen and oxygen atoms in total. The zero-order chi connectivity index (χ0) is 46.2. The van der Waals surface area contributed by atoms with Gasteiger partial charge in [0.05, 0.1) is 23.8 Å². The molecule has 10 heteroatoms. The third kappa shape index (κ3) is 7.83. The lowest BCUT2D eigenvalue weighted by atomic mass is 9.33. The average molecular weight is 909 g/mol. The number of sulfone groups is 1. The van der Waals surface area contributed by atoms with Crippen LogP contribution >= 0.6 is 0 Å². The highest BCUT2D eigenvalue weighted by Gasteiger charge is 2.70. The molecule has 6 aliphatic carbocycles. The molecule has 10 atom stereocenters. The summed E-state index contributed by atoms with van der Waals surface area (Å²) in [5, 5.41) is 8.96. The first kappa shape index (κ1) is 46.9. The van der Waals surface area contributed by atoms with Crippen LogP contribution in [0.3, 0.4) is 0 Å². The van der Waals surface area contributed by atoms with E-state index in [4.69, 9.17) is 14.6 Å². The summed E-state index contributed by atoms with van der Waals surface area (Å²) in [6.07, 6.45) is 18.4. The highest BCUT2D eigenvalue weighted by Crippen LogP contribution is 2.76. The van der Waals surface area contributed by atoms with Crippen molar-refractivity contribution in [1.82, 2.24) is 20.0 Å². The minimum absolute atomic E-state index is 0.0155. The number of nitrogens with zero attached hydrogens (tertiary/aromatic N) is 3. The Bertz CT molecular complexity index is 2300. The van der Waals surface area contributed by atoms with Crippen LogP contribution in [0.4, 0.5) is 0 Å². The molecule has 1 aliphatic heterocycles. The van der Waals surface area contributed by atoms with E-state index in [-0.39, 0.29) is 39.8 Å². The Morgan fingerprint density at radius 3 is 2.35 bits per heavy atom. The van der Waals surface area contributed by atoms with Crippen molar-refractivity contribution in [2.45, 2.75) is 131 Å². The third-order valence-corrected chi connectivity index (χ3v) is 21.7. The molecular formula is C55H80N4O5S. The normalized spacial score (nSPS) is 38.6. The topological polar surface area (TPSA) is 103 Å². The van der Waals surface area contributed by atoms with E-state index in [0.29, 0.717) is 79.5 Å². The minimum atomic E-state index is -2.88. The number of aromatic nitrogens is 2. The molecule has 4 saturated carbocycles. The average Bonchev–Trinajstić information content (AvgIpc) is 3.85. The predicted octanol–water partition coefficient (Wildman–Crippen LogP) is 10.4. The van der Waals surface area contributed by atoms with E-state index in [9.17, 15) is 13.2 Å². The highest BCUT2D eigenvalue weighted by molar-refractivity contribution is 7.91. The molecule has 1 N–H and O–H groups in total. The van der Waals surface area contributed by atoms with E-state index < -0.39 is 15.3 Å². The molecule has 9 rings (SSSR count). The summed E-state index contributed by atoms with van der Waals surface area (Å²) < 4.78 is 38.3. The molecule has 2 heterocycles. The maximum absolute atomic E-state index is 13.8. The molecule has 1 aromatic carbocycles. The molecule has 356 valence electrons. The summed E-state index contributed by atoms with van der Waals surface area (Å²) in [4.78, 5) is 16.2. The number of allylic oxidation sites excluding steroid dienone is 5. The summed E-state index contributed by atoms with van der Waals surface area (Å²) in [5.41, 5.74) is 6.32.